The number of phenols is 1. The van der Waals surface area contributed by atoms with Crippen molar-refractivity contribution in [3.63, 3.8) is 0 Å². The zero-order valence-electron chi connectivity index (χ0n) is 17.4. The largest absolute Gasteiger partial charge is 0.504 e. The highest BCUT2D eigenvalue weighted by Crippen LogP contribution is 2.36. The highest BCUT2D eigenvalue weighted by molar-refractivity contribution is 5.78. The number of phenolic OH excluding ortho intramolecular Hbond substituents is 1. The van der Waals surface area contributed by atoms with E-state index < -0.39 is 0 Å². The van der Waals surface area contributed by atoms with E-state index in [1.165, 1.54) is 7.11 Å². The number of methoxy groups -OCH3 is 1. The van der Waals surface area contributed by atoms with Gasteiger partial charge in [-0.1, -0.05) is 12.1 Å². The molecule has 0 fully saturated rings. The van der Waals surface area contributed by atoms with Crippen molar-refractivity contribution in [2.75, 3.05) is 25.6 Å². The molecule has 0 aliphatic carbocycles. The SMILES string of the molecule is COc1cc(-c2nc3cccc(C)n3c2NCc2ccc3c(c2)OCCO3)ccc1O. The molecule has 1 aliphatic rings. The number of hydrogen-bond donors (Lipinski definition) is 2. The molecule has 0 unspecified atom stereocenters. The molecule has 7 heteroatoms. The van der Waals surface area contributed by atoms with Gasteiger partial charge in [0.25, 0.3) is 0 Å². The molecule has 0 atom stereocenters. The summed E-state index contributed by atoms with van der Waals surface area (Å²) in [6.07, 6.45) is 0. The van der Waals surface area contributed by atoms with Crippen LogP contribution in [-0.2, 0) is 6.54 Å². The van der Waals surface area contributed by atoms with Gasteiger partial charge in [-0.15, -0.1) is 0 Å². The van der Waals surface area contributed by atoms with Gasteiger partial charge in [0.05, 0.1) is 7.11 Å². The molecule has 1 aliphatic heterocycles. The Hall–Kier alpha value is -3.87. The number of nitrogens with zero attached hydrogens (tertiary/aromatic N) is 2. The van der Waals surface area contributed by atoms with Gasteiger partial charge in [-0.2, -0.15) is 0 Å². The van der Waals surface area contributed by atoms with E-state index in [1.807, 2.05) is 49.4 Å². The quantitative estimate of drug-likeness (QED) is 0.501. The number of aryl methyl sites for hydroxylation is 1. The van der Waals surface area contributed by atoms with Crippen LogP contribution in [0.2, 0.25) is 0 Å². The molecule has 158 valence electrons. The molecule has 0 amide bonds. The third-order valence-corrected chi connectivity index (χ3v) is 5.36. The Kier molecular flexibility index (Phi) is 4.78. The van der Waals surface area contributed by atoms with Crippen LogP contribution in [0.5, 0.6) is 23.0 Å². The molecule has 31 heavy (non-hydrogen) atoms. The van der Waals surface area contributed by atoms with Gasteiger partial charge in [-0.05, 0) is 55.0 Å². The second-order valence-electron chi connectivity index (χ2n) is 7.39. The minimum Gasteiger partial charge on any atom is -0.504 e. The molecule has 0 spiro atoms. The summed E-state index contributed by atoms with van der Waals surface area (Å²) in [5.74, 6) is 2.91. The van der Waals surface area contributed by atoms with Gasteiger partial charge in [0, 0.05) is 17.8 Å². The smallest absolute Gasteiger partial charge is 0.161 e. The van der Waals surface area contributed by atoms with Crippen molar-refractivity contribution in [1.82, 2.24) is 9.38 Å². The fourth-order valence-corrected chi connectivity index (χ4v) is 3.83. The Bertz CT molecular complexity index is 1270. The lowest BCUT2D eigenvalue weighted by Gasteiger charge is -2.19. The standard InChI is InChI=1S/C24H23N3O4/c1-15-4-3-5-22-26-23(17-7-8-18(28)20(13-17)29-2)24(27(15)22)25-14-16-6-9-19-21(12-16)31-11-10-30-19/h3-9,12-13,25,28H,10-11,14H2,1-2H3. The highest BCUT2D eigenvalue weighted by atomic mass is 16.6. The number of benzene rings is 2. The predicted molar refractivity (Wildman–Crippen MR) is 118 cm³/mol. The maximum Gasteiger partial charge on any atom is 0.161 e. The molecule has 0 saturated heterocycles. The van der Waals surface area contributed by atoms with Crippen molar-refractivity contribution in [3.8, 4) is 34.3 Å². The van der Waals surface area contributed by atoms with E-state index in [9.17, 15) is 5.11 Å². The maximum atomic E-state index is 10.00. The normalized spacial score (nSPS) is 12.7. The maximum absolute atomic E-state index is 10.00. The Morgan fingerprint density at radius 1 is 1.06 bits per heavy atom. The second kappa shape index (κ2) is 7.75. The average molecular weight is 417 g/mol. The van der Waals surface area contributed by atoms with E-state index in [-0.39, 0.29) is 5.75 Å². The number of pyridine rings is 1. The lowest BCUT2D eigenvalue weighted by Crippen LogP contribution is -2.15. The van der Waals surface area contributed by atoms with E-state index in [4.69, 9.17) is 19.2 Å². The molecule has 2 aromatic heterocycles. The number of imidazole rings is 1. The van der Waals surface area contributed by atoms with Gasteiger partial charge in [0.15, 0.2) is 23.0 Å². The molecule has 0 radical (unpaired) electrons. The van der Waals surface area contributed by atoms with Crippen LogP contribution in [0.15, 0.2) is 54.6 Å². The van der Waals surface area contributed by atoms with Gasteiger partial charge < -0.3 is 24.6 Å². The number of aromatic hydroxyl groups is 1. The van der Waals surface area contributed by atoms with E-state index >= 15 is 0 Å². The summed E-state index contributed by atoms with van der Waals surface area (Å²) >= 11 is 0. The molecule has 3 heterocycles. The summed E-state index contributed by atoms with van der Waals surface area (Å²) in [6, 6.07) is 17.2. The first-order valence-corrected chi connectivity index (χ1v) is 10.1. The lowest BCUT2D eigenvalue weighted by atomic mass is 10.1. The summed E-state index contributed by atoms with van der Waals surface area (Å²) < 4.78 is 18.7. The minimum atomic E-state index is 0.0944. The fourth-order valence-electron chi connectivity index (χ4n) is 3.83. The summed E-state index contributed by atoms with van der Waals surface area (Å²) in [6.45, 7) is 3.76. The van der Waals surface area contributed by atoms with Crippen LogP contribution >= 0.6 is 0 Å². The van der Waals surface area contributed by atoms with Gasteiger partial charge >= 0.3 is 0 Å². The molecule has 2 N–H and O–H groups in total. The molecule has 0 bridgehead atoms. The minimum absolute atomic E-state index is 0.0944. The van der Waals surface area contributed by atoms with Crippen molar-refractivity contribution in [3.05, 3.63) is 65.9 Å². The Balaban J connectivity index is 1.55. The first kappa shape index (κ1) is 19.1. The van der Waals surface area contributed by atoms with Crippen LogP contribution in [-0.4, -0.2) is 34.8 Å². The number of fused-ring (bicyclic) bond motifs is 2. The average Bonchev–Trinajstić information content (AvgIpc) is 3.17. The number of aromatic nitrogens is 2. The summed E-state index contributed by atoms with van der Waals surface area (Å²) in [5, 5.41) is 13.5. The first-order valence-electron chi connectivity index (χ1n) is 10.1. The Labute approximate surface area is 179 Å². The molecule has 4 aromatic rings. The van der Waals surface area contributed by atoms with Crippen LogP contribution in [0.25, 0.3) is 16.9 Å². The first-order chi connectivity index (χ1) is 15.1. The highest BCUT2D eigenvalue weighted by Gasteiger charge is 2.18. The number of ether oxygens (including phenoxy) is 3. The van der Waals surface area contributed by atoms with Crippen LogP contribution in [0.4, 0.5) is 5.82 Å². The Morgan fingerprint density at radius 3 is 2.74 bits per heavy atom. The van der Waals surface area contributed by atoms with E-state index in [0.29, 0.717) is 25.5 Å². The van der Waals surface area contributed by atoms with Crippen molar-refractivity contribution >= 4 is 11.5 Å². The van der Waals surface area contributed by atoms with Crippen LogP contribution in [0.3, 0.4) is 0 Å². The van der Waals surface area contributed by atoms with Crippen molar-refractivity contribution in [2.24, 2.45) is 0 Å². The molecule has 7 nitrogen and oxygen atoms in total. The van der Waals surface area contributed by atoms with E-state index in [2.05, 4.69) is 9.72 Å². The monoisotopic (exact) mass is 417 g/mol. The Morgan fingerprint density at radius 2 is 1.90 bits per heavy atom. The third kappa shape index (κ3) is 3.48. The van der Waals surface area contributed by atoms with E-state index in [1.54, 1.807) is 12.1 Å². The van der Waals surface area contributed by atoms with Crippen LogP contribution in [0, 0.1) is 6.92 Å². The molecule has 5 rings (SSSR count). The zero-order valence-corrected chi connectivity index (χ0v) is 17.4. The van der Waals surface area contributed by atoms with Crippen molar-refractivity contribution in [1.29, 1.82) is 0 Å². The number of rotatable bonds is 5. The predicted octanol–water partition coefficient (Wildman–Crippen LogP) is 4.41. The molecular formula is C24H23N3O4. The molecule has 0 saturated carbocycles. The summed E-state index contributed by atoms with van der Waals surface area (Å²) in [5.41, 5.74) is 4.60. The number of nitrogens with one attached hydrogen (secondary N) is 1. The van der Waals surface area contributed by atoms with Gasteiger partial charge in [0.1, 0.15) is 30.4 Å². The summed E-state index contributed by atoms with van der Waals surface area (Å²) in [7, 11) is 1.54. The number of anilines is 1. The number of hydrogen-bond acceptors (Lipinski definition) is 6. The van der Waals surface area contributed by atoms with Crippen LogP contribution < -0.4 is 19.5 Å². The zero-order chi connectivity index (χ0) is 21.4. The fraction of sp³-hybridized carbons (Fsp3) is 0.208. The lowest BCUT2D eigenvalue weighted by molar-refractivity contribution is 0.171. The topological polar surface area (TPSA) is 77.3 Å². The van der Waals surface area contributed by atoms with Gasteiger partial charge in [-0.3, -0.25) is 4.40 Å². The summed E-state index contributed by atoms with van der Waals surface area (Å²) in [4.78, 5) is 4.85. The van der Waals surface area contributed by atoms with Crippen molar-refractivity contribution < 1.29 is 19.3 Å². The van der Waals surface area contributed by atoms with Gasteiger partial charge in [0.2, 0.25) is 0 Å². The molecule has 2 aromatic carbocycles. The van der Waals surface area contributed by atoms with Crippen molar-refractivity contribution in [2.45, 2.75) is 13.5 Å². The van der Waals surface area contributed by atoms with E-state index in [0.717, 1.165) is 45.5 Å². The van der Waals surface area contributed by atoms with Crippen LogP contribution in [0.1, 0.15) is 11.3 Å². The molecular weight excluding hydrogens is 394 g/mol. The second-order valence-corrected chi connectivity index (χ2v) is 7.39. The third-order valence-electron chi connectivity index (χ3n) is 5.36. The van der Waals surface area contributed by atoms with Gasteiger partial charge in [-0.25, -0.2) is 4.98 Å².